The van der Waals surface area contributed by atoms with Crippen LogP contribution >= 0.6 is 0 Å². The first kappa shape index (κ1) is 10.7. The van der Waals surface area contributed by atoms with Gasteiger partial charge in [0.25, 0.3) is 5.69 Å². The quantitative estimate of drug-likeness (QED) is 0.589. The van der Waals surface area contributed by atoms with Crippen molar-refractivity contribution >= 4 is 5.69 Å². The monoisotopic (exact) mass is 195 g/mol. The minimum absolute atomic E-state index is 0.105. The summed E-state index contributed by atoms with van der Waals surface area (Å²) in [7, 11) is 0. The molecule has 0 saturated heterocycles. The molecule has 1 N–H and O–H groups in total. The van der Waals surface area contributed by atoms with Crippen LogP contribution in [0, 0.1) is 10.1 Å². The molecule has 0 amide bonds. The summed E-state index contributed by atoms with van der Waals surface area (Å²) >= 11 is 0. The number of non-ortho nitro benzene ring substituents is 1. The Morgan fingerprint density at radius 2 is 2.29 bits per heavy atom. The van der Waals surface area contributed by atoms with Crippen molar-refractivity contribution in [2.75, 3.05) is 0 Å². The van der Waals surface area contributed by atoms with Crippen LogP contribution in [0.1, 0.15) is 18.9 Å². The van der Waals surface area contributed by atoms with E-state index in [1.54, 1.807) is 19.1 Å². The number of aliphatic hydroxyl groups is 1. The molecule has 76 valence electrons. The van der Waals surface area contributed by atoms with Crippen LogP contribution in [-0.4, -0.2) is 16.1 Å². The Morgan fingerprint density at radius 1 is 1.57 bits per heavy atom. The van der Waals surface area contributed by atoms with Crippen molar-refractivity contribution in [1.29, 1.82) is 0 Å². The molecule has 0 bridgehead atoms. The highest BCUT2D eigenvalue weighted by Crippen LogP contribution is 2.14. The molecule has 0 aliphatic rings. The van der Waals surface area contributed by atoms with Crippen LogP contribution in [0.5, 0.6) is 0 Å². The molecule has 0 fully saturated rings. The maximum absolute atomic E-state index is 10.4. The van der Waals surface area contributed by atoms with Crippen molar-refractivity contribution in [3.05, 3.63) is 39.9 Å². The lowest BCUT2D eigenvalue weighted by atomic mass is 10.1. The van der Waals surface area contributed by atoms with E-state index in [1.807, 2.05) is 6.07 Å². The second kappa shape index (κ2) is 4.72. The molecular weight excluding hydrogens is 182 g/mol. The smallest absolute Gasteiger partial charge is 0.269 e. The number of nitrogens with zero attached hydrogens (tertiary/aromatic N) is 1. The number of hydrogen-bond donors (Lipinski definition) is 1. The summed E-state index contributed by atoms with van der Waals surface area (Å²) in [5, 5.41) is 19.5. The maximum atomic E-state index is 10.4. The zero-order valence-corrected chi connectivity index (χ0v) is 8.01. The molecule has 0 spiro atoms. The van der Waals surface area contributed by atoms with Gasteiger partial charge in [0, 0.05) is 12.1 Å². The number of hydrogen-bond acceptors (Lipinski definition) is 3. The molecule has 0 aromatic heterocycles. The van der Waals surface area contributed by atoms with E-state index >= 15 is 0 Å². The van der Waals surface area contributed by atoms with Crippen LogP contribution in [-0.2, 0) is 6.42 Å². The van der Waals surface area contributed by atoms with E-state index in [2.05, 4.69) is 0 Å². The summed E-state index contributed by atoms with van der Waals surface area (Å²) in [5.74, 6) is 0. The normalized spacial score (nSPS) is 12.4. The highest BCUT2D eigenvalue weighted by atomic mass is 16.6. The van der Waals surface area contributed by atoms with Crippen molar-refractivity contribution in [3.63, 3.8) is 0 Å². The van der Waals surface area contributed by atoms with Crippen molar-refractivity contribution in [3.8, 4) is 0 Å². The van der Waals surface area contributed by atoms with E-state index in [9.17, 15) is 10.1 Å². The standard InChI is InChI=1S/C10H13NO3/c1-8(12)5-6-9-3-2-4-10(7-9)11(13)14/h2-4,7-8,12H,5-6H2,1H3/t8-/m1/s1. The van der Waals surface area contributed by atoms with E-state index in [-0.39, 0.29) is 11.8 Å². The Kier molecular flexibility index (Phi) is 3.59. The van der Waals surface area contributed by atoms with Crippen molar-refractivity contribution in [1.82, 2.24) is 0 Å². The molecule has 1 aromatic carbocycles. The number of rotatable bonds is 4. The van der Waals surface area contributed by atoms with E-state index in [0.29, 0.717) is 12.8 Å². The van der Waals surface area contributed by atoms with Gasteiger partial charge in [-0.1, -0.05) is 12.1 Å². The summed E-state index contributed by atoms with van der Waals surface area (Å²) in [6.45, 7) is 1.71. The Labute approximate surface area is 82.3 Å². The Morgan fingerprint density at radius 3 is 2.86 bits per heavy atom. The Bertz CT molecular complexity index is 323. The third-order valence-corrected chi connectivity index (χ3v) is 1.97. The van der Waals surface area contributed by atoms with E-state index in [4.69, 9.17) is 5.11 Å². The van der Waals surface area contributed by atoms with Gasteiger partial charge >= 0.3 is 0 Å². The highest BCUT2D eigenvalue weighted by molar-refractivity contribution is 5.34. The average molecular weight is 195 g/mol. The lowest BCUT2D eigenvalue weighted by molar-refractivity contribution is -0.384. The molecule has 0 radical (unpaired) electrons. The number of benzene rings is 1. The van der Waals surface area contributed by atoms with Gasteiger partial charge in [0.05, 0.1) is 11.0 Å². The molecule has 1 rings (SSSR count). The summed E-state index contributed by atoms with van der Waals surface area (Å²) in [6.07, 6.45) is 0.926. The van der Waals surface area contributed by atoms with Gasteiger partial charge in [0.15, 0.2) is 0 Å². The molecule has 0 heterocycles. The predicted molar refractivity (Wildman–Crippen MR) is 53.1 cm³/mol. The fourth-order valence-electron chi connectivity index (χ4n) is 1.20. The topological polar surface area (TPSA) is 63.4 Å². The zero-order chi connectivity index (χ0) is 10.6. The van der Waals surface area contributed by atoms with Gasteiger partial charge in [0.2, 0.25) is 0 Å². The van der Waals surface area contributed by atoms with Gasteiger partial charge in [-0.05, 0) is 25.3 Å². The zero-order valence-electron chi connectivity index (χ0n) is 8.01. The summed E-state index contributed by atoms with van der Waals surface area (Å²) < 4.78 is 0. The fraction of sp³-hybridized carbons (Fsp3) is 0.400. The van der Waals surface area contributed by atoms with Gasteiger partial charge in [-0.15, -0.1) is 0 Å². The second-order valence-electron chi connectivity index (χ2n) is 3.31. The summed E-state index contributed by atoms with van der Waals surface area (Å²) in [6, 6.07) is 6.50. The first-order valence-electron chi connectivity index (χ1n) is 4.51. The van der Waals surface area contributed by atoms with Gasteiger partial charge in [-0.3, -0.25) is 10.1 Å². The van der Waals surface area contributed by atoms with Crippen LogP contribution in [0.3, 0.4) is 0 Å². The number of nitro groups is 1. The number of nitro benzene ring substituents is 1. The van der Waals surface area contributed by atoms with Crippen LogP contribution in [0.4, 0.5) is 5.69 Å². The molecule has 0 aliphatic carbocycles. The van der Waals surface area contributed by atoms with Gasteiger partial charge in [-0.25, -0.2) is 0 Å². The SMILES string of the molecule is C[C@@H](O)CCc1cccc([N+](=O)[O-])c1. The average Bonchev–Trinajstić information content (AvgIpc) is 2.15. The van der Waals surface area contributed by atoms with Crippen molar-refractivity contribution in [2.45, 2.75) is 25.9 Å². The van der Waals surface area contributed by atoms with Crippen LogP contribution in [0.2, 0.25) is 0 Å². The molecule has 0 aliphatic heterocycles. The minimum atomic E-state index is -0.411. The van der Waals surface area contributed by atoms with Crippen LogP contribution in [0.15, 0.2) is 24.3 Å². The molecule has 14 heavy (non-hydrogen) atoms. The molecule has 4 heteroatoms. The summed E-state index contributed by atoms with van der Waals surface area (Å²) in [5.41, 5.74) is 0.994. The molecular formula is C10H13NO3. The first-order valence-corrected chi connectivity index (χ1v) is 4.51. The largest absolute Gasteiger partial charge is 0.393 e. The highest BCUT2D eigenvalue weighted by Gasteiger charge is 2.05. The third kappa shape index (κ3) is 3.14. The van der Waals surface area contributed by atoms with Gasteiger partial charge in [0.1, 0.15) is 0 Å². The first-order chi connectivity index (χ1) is 6.59. The molecule has 1 aromatic rings. The Hall–Kier alpha value is -1.42. The van der Waals surface area contributed by atoms with Crippen molar-refractivity contribution in [2.24, 2.45) is 0 Å². The lowest BCUT2D eigenvalue weighted by Gasteiger charge is -2.03. The number of aryl methyl sites for hydroxylation is 1. The molecule has 0 unspecified atom stereocenters. The fourth-order valence-corrected chi connectivity index (χ4v) is 1.20. The van der Waals surface area contributed by atoms with E-state index in [0.717, 1.165) is 5.56 Å². The van der Waals surface area contributed by atoms with E-state index < -0.39 is 4.92 Å². The second-order valence-corrected chi connectivity index (χ2v) is 3.31. The number of aliphatic hydroxyl groups excluding tert-OH is 1. The van der Waals surface area contributed by atoms with Crippen LogP contribution in [0.25, 0.3) is 0 Å². The van der Waals surface area contributed by atoms with Gasteiger partial charge < -0.3 is 5.11 Å². The maximum Gasteiger partial charge on any atom is 0.269 e. The van der Waals surface area contributed by atoms with Gasteiger partial charge in [-0.2, -0.15) is 0 Å². The molecule has 1 atom stereocenters. The van der Waals surface area contributed by atoms with E-state index in [1.165, 1.54) is 6.07 Å². The predicted octanol–water partition coefficient (Wildman–Crippen LogP) is 1.91. The minimum Gasteiger partial charge on any atom is -0.393 e. The third-order valence-electron chi connectivity index (χ3n) is 1.97. The Balaban J connectivity index is 2.69. The molecule has 4 nitrogen and oxygen atoms in total. The van der Waals surface area contributed by atoms with Crippen molar-refractivity contribution < 1.29 is 10.0 Å². The lowest BCUT2D eigenvalue weighted by Crippen LogP contribution is -2.01. The molecule has 0 saturated carbocycles. The summed E-state index contributed by atoms with van der Waals surface area (Å²) in [4.78, 5) is 10.0. The van der Waals surface area contributed by atoms with Crippen LogP contribution < -0.4 is 0 Å².